The predicted molar refractivity (Wildman–Crippen MR) is 85.7 cm³/mol. The number of nitrogens with zero attached hydrogens (tertiary/aromatic N) is 1. The quantitative estimate of drug-likeness (QED) is 0.878. The van der Waals surface area contributed by atoms with E-state index >= 15 is 0 Å². The van der Waals surface area contributed by atoms with Gasteiger partial charge in [0.15, 0.2) is 0 Å². The molecule has 21 heavy (non-hydrogen) atoms. The fourth-order valence-electron chi connectivity index (χ4n) is 1.76. The van der Waals surface area contributed by atoms with Crippen LogP contribution in [0, 0.1) is 6.92 Å². The van der Waals surface area contributed by atoms with Crippen molar-refractivity contribution >= 4 is 29.2 Å². The van der Waals surface area contributed by atoms with Crippen molar-refractivity contribution in [3.05, 3.63) is 28.8 Å². The summed E-state index contributed by atoms with van der Waals surface area (Å²) in [5, 5.41) is 6.10. The van der Waals surface area contributed by atoms with E-state index in [2.05, 4.69) is 10.6 Å². The van der Waals surface area contributed by atoms with Crippen LogP contribution in [-0.4, -0.2) is 36.0 Å². The second-order valence-corrected chi connectivity index (χ2v) is 5.56. The van der Waals surface area contributed by atoms with E-state index in [-0.39, 0.29) is 24.5 Å². The number of carbonyl (C=O) groups excluding carboxylic acids is 2. The molecule has 0 unspecified atom stereocenters. The van der Waals surface area contributed by atoms with Crippen LogP contribution in [0.2, 0.25) is 5.02 Å². The molecule has 0 aromatic heterocycles. The molecule has 0 bridgehead atoms. The first-order chi connectivity index (χ1) is 9.83. The van der Waals surface area contributed by atoms with Crippen LogP contribution in [-0.2, 0) is 4.79 Å². The summed E-state index contributed by atoms with van der Waals surface area (Å²) in [6, 6.07) is 5.08. The minimum atomic E-state index is -0.249. The van der Waals surface area contributed by atoms with Crippen molar-refractivity contribution in [2.45, 2.75) is 33.7 Å². The summed E-state index contributed by atoms with van der Waals surface area (Å²) in [6.07, 6.45) is 0. The topological polar surface area (TPSA) is 61.4 Å². The van der Waals surface area contributed by atoms with Gasteiger partial charge >= 0.3 is 6.03 Å². The van der Waals surface area contributed by atoms with Crippen molar-refractivity contribution in [2.24, 2.45) is 0 Å². The summed E-state index contributed by atoms with van der Waals surface area (Å²) >= 11 is 5.92. The van der Waals surface area contributed by atoms with Crippen molar-refractivity contribution < 1.29 is 9.59 Å². The average molecular weight is 312 g/mol. The smallest absolute Gasteiger partial charge is 0.318 e. The highest BCUT2D eigenvalue weighted by atomic mass is 35.5. The standard InChI is InChI=1S/C15H22ClN3O2/c1-5-19(15(21)17-10(2)3)9-14(20)18-13-8-12(16)7-6-11(13)4/h6-8,10H,5,9H2,1-4H3,(H,17,21)(H,18,20). The lowest BCUT2D eigenvalue weighted by Gasteiger charge is -2.22. The molecule has 1 aromatic carbocycles. The molecular weight excluding hydrogens is 290 g/mol. The summed E-state index contributed by atoms with van der Waals surface area (Å²) in [5.74, 6) is -0.249. The van der Waals surface area contributed by atoms with Crippen LogP contribution in [0.1, 0.15) is 26.3 Å². The average Bonchev–Trinajstić information content (AvgIpc) is 2.39. The monoisotopic (exact) mass is 311 g/mol. The maximum Gasteiger partial charge on any atom is 0.318 e. The number of rotatable bonds is 5. The van der Waals surface area contributed by atoms with Crippen LogP contribution in [0.5, 0.6) is 0 Å². The first-order valence-electron chi connectivity index (χ1n) is 6.95. The van der Waals surface area contributed by atoms with E-state index in [1.165, 1.54) is 4.90 Å². The molecule has 5 nitrogen and oxygen atoms in total. The third-order valence-corrected chi connectivity index (χ3v) is 3.12. The van der Waals surface area contributed by atoms with Crippen LogP contribution in [0.25, 0.3) is 0 Å². The van der Waals surface area contributed by atoms with E-state index in [1.54, 1.807) is 12.1 Å². The second-order valence-electron chi connectivity index (χ2n) is 5.13. The highest BCUT2D eigenvalue weighted by molar-refractivity contribution is 6.31. The molecular formula is C15H22ClN3O2. The van der Waals surface area contributed by atoms with Gasteiger partial charge in [-0.1, -0.05) is 17.7 Å². The maximum atomic E-state index is 12.1. The number of benzene rings is 1. The third-order valence-electron chi connectivity index (χ3n) is 2.89. The first-order valence-corrected chi connectivity index (χ1v) is 7.32. The van der Waals surface area contributed by atoms with Gasteiger partial charge in [-0.15, -0.1) is 0 Å². The Hall–Kier alpha value is -1.75. The van der Waals surface area contributed by atoms with E-state index < -0.39 is 0 Å². The zero-order valence-electron chi connectivity index (χ0n) is 12.9. The van der Waals surface area contributed by atoms with Crippen LogP contribution < -0.4 is 10.6 Å². The van der Waals surface area contributed by atoms with E-state index in [0.717, 1.165) is 5.56 Å². The number of aryl methyl sites for hydroxylation is 1. The van der Waals surface area contributed by atoms with Gasteiger partial charge in [0.1, 0.15) is 6.54 Å². The number of amides is 3. The van der Waals surface area contributed by atoms with Gasteiger partial charge in [0.2, 0.25) is 5.91 Å². The Morgan fingerprint density at radius 3 is 2.57 bits per heavy atom. The minimum absolute atomic E-state index is 0.000999. The van der Waals surface area contributed by atoms with Gasteiger partial charge < -0.3 is 15.5 Å². The zero-order chi connectivity index (χ0) is 16.0. The fraction of sp³-hybridized carbons (Fsp3) is 0.467. The molecule has 0 radical (unpaired) electrons. The molecule has 1 aromatic rings. The molecule has 0 saturated carbocycles. The number of anilines is 1. The first kappa shape index (κ1) is 17.3. The Bertz CT molecular complexity index is 518. The third kappa shape index (κ3) is 5.63. The number of hydrogen-bond acceptors (Lipinski definition) is 2. The summed E-state index contributed by atoms with van der Waals surface area (Å²) < 4.78 is 0. The Morgan fingerprint density at radius 2 is 2.00 bits per heavy atom. The SMILES string of the molecule is CCN(CC(=O)Nc1cc(Cl)ccc1C)C(=O)NC(C)C. The molecule has 2 N–H and O–H groups in total. The maximum absolute atomic E-state index is 12.1. The molecule has 0 saturated heterocycles. The highest BCUT2D eigenvalue weighted by Crippen LogP contribution is 2.20. The summed E-state index contributed by atoms with van der Waals surface area (Å²) in [4.78, 5) is 25.4. The summed E-state index contributed by atoms with van der Waals surface area (Å²) in [6.45, 7) is 7.93. The molecule has 0 atom stereocenters. The van der Waals surface area contributed by atoms with E-state index in [0.29, 0.717) is 17.3 Å². The van der Waals surface area contributed by atoms with Gasteiger partial charge in [-0.25, -0.2) is 4.79 Å². The summed E-state index contributed by atoms with van der Waals surface area (Å²) in [5.41, 5.74) is 1.58. The van der Waals surface area contributed by atoms with Crippen LogP contribution in [0.15, 0.2) is 18.2 Å². The number of hydrogen-bond donors (Lipinski definition) is 2. The fourth-order valence-corrected chi connectivity index (χ4v) is 1.93. The van der Waals surface area contributed by atoms with Crippen LogP contribution >= 0.6 is 11.6 Å². The highest BCUT2D eigenvalue weighted by Gasteiger charge is 2.16. The largest absolute Gasteiger partial charge is 0.336 e. The van der Waals surface area contributed by atoms with Crippen molar-refractivity contribution in [1.82, 2.24) is 10.2 Å². The molecule has 0 heterocycles. The Balaban J connectivity index is 2.66. The van der Waals surface area contributed by atoms with Gasteiger partial charge in [0.05, 0.1) is 0 Å². The van der Waals surface area contributed by atoms with Crippen molar-refractivity contribution in [3.8, 4) is 0 Å². The number of carbonyl (C=O) groups is 2. The number of urea groups is 1. The lowest BCUT2D eigenvalue weighted by molar-refractivity contribution is -0.116. The number of likely N-dealkylation sites (N-methyl/N-ethyl adjacent to an activating group) is 1. The second kappa shape index (κ2) is 7.88. The molecule has 0 spiro atoms. The summed E-state index contributed by atoms with van der Waals surface area (Å²) in [7, 11) is 0. The lowest BCUT2D eigenvalue weighted by Crippen LogP contribution is -2.46. The molecule has 0 aliphatic rings. The van der Waals surface area contributed by atoms with E-state index in [4.69, 9.17) is 11.6 Å². The van der Waals surface area contributed by atoms with Crippen LogP contribution in [0.4, 0.5) is 10.5 Å². The predicted octanol–water partition coefficient (Wildman–Crippen LogP) is 3.03. The molecule has 3 amide bonds. The van der Waals surface area contributed by atoms with Gasteiger partial charge in [-0.3, -0.25) is 4.79 Å². The van der Waals surface area contributed by atoms with Gasteiger partial charge in [-0.05, 0) is 45.4 Å². The Morgan fingerprint density at radius 1 is 1.33 bits per heavy atom. The van der Waals surface area contributed by atoms with Crippen molar-refractivity contribution in [1.29, 1.82) is 0 Å². The molecule has 0 aliphatic carbocycles. The normalized spacial score (nSPS) is 10.4. The van der Waals surface area contributed by atoms with Crippen molar-refractivity contribution in [3.63, 3.8) is 0 Å². The molecule has 116 valence electrons. The van der Waals surface area contributed by atoms with E-state index in [9.17, 15) is 9.59 Å². The zero-order valence-corrected chi connectivity index (χ0v) is 13.6. The molecule has 0 aliphatic heterocycles. The molecule has 0 fully saturated rings. The van der Waals surface area contributed by atoms with Crippen LogP contribution in [0.3, 0.4) is 0 Å². The van der Waals surface area contributed by atoms with Crippen molar-refractivity contribution in [2.75, 3.05) is 18.4 Å². The van der Waals surface area contributed by atoms with Gasteiger partial charge in [-0.2, -0.15) is 0 Å². The minimum Gasteiger partial charge on any atom is -0.336 e. The molecule has 6 heteroatoms. The van der Waals surface area contributed by atoms with Gasteiger partial charge in [0.25, 0.3) is 0 Å². The Labute approximate surface area is 130 Å². The number of halogens is 1. The van der Waals surface area contributed by atoms with Gasteiger partial charge in [0, 0.05) is 23.3 Å². The Kier molecular flexibility index (Phi) is 6.49. The molecule has 1 rings (SSSR count). The lowest BCUT2D eigenvalue weighted by atomic mass is 10.2. The van der Waals surface area contributed by atoms with E-state index in [1.807, 2.05) is 33.8 Å². The number of nitrogens with one attached hydrogen (secondary N) is 2.